The van der Waals surface area contributed by atoms with Gasteiger partial charge < -0.3 is 41.5 Å². The highest BCUT2D eigenvalue weighted by molar-refractivity contribution is 5.95. The molecular weight excluding hydrogens is 678 g/mol. The first-order chi connectivity index (χ1) is 25.0. The smallest absolute Gasteiger partial charge is 0.326 e. The van der Waals surface area contributed by atoms with E-state index in [2.05, 4.69) is 17.6 Å². The second kappa shape index (κ2) is 21.8. The van der Waals surface area contributed by atoms with Crippen LogP contribution in [0.1, 0.15) is 90.7 Å². The lowest BCUT2D eigenvalue weighted by Crippen LogP contribution is -2.60. The number of carboxylic acids is 1. The zero-order valence-electron chi connectivity index (χ0n) is 32.4. The first-order valence-electron chi connectivity index (χ1n) is 18.6. The van der Waals surface area contributed by atoms with Crippen molar-refractivity contribution >= 4 is 29.6 Å². The number of benzene rings is 2. The first kappa shape index (κ1) is 44.5. The Morgan fingerprint density at radius 3 is 1.74 bits per heavy atom. The molecule has 5 atom stereocenters. The van der Waals surface area contributed by atoms with Crippen LogP contribution < -0.4 is 16.4 Å². The van der Waals surface area contributed by atoms with Gasteiger partial charge in [0, 0.05) is 39.4 Å². The van der Waals surface area contributed by atoms with Gasteiger partial charge in [0.25, 0.3) is 0 Å². The van der Waals surface area contributed by atoms with E-state index in [9.17, 15) is 39.3 Å². The van der Waals surface area contributed by atoms with Crippen molar-refractivity contribution in [1.29, 1.82) is 0 Å². The summed E-state index contributed by atoms with van der Waals surface area (Å²) in [5.41, 5.74) is 7.41. The van der Waals surface area contributed by atoms with Crippen LogP contribution in [0, 0.1) is 11.8 Å². The number of carbonyl (C=O) groups is 5. The number of rotatable bonds is 22. The third kappa shape index (κ3) is 14.4. The van der Waals surface area contributed by atoms with Crippen LogP contribution >= 0.6 is 0 Å². The molecule has 0 bridgehead atoms. The van der Waals surface area contributed by atoms with Crippen molar-refractivity contribution in [3.8, 4) is 11.5 Å². The summed E-state index contributed by atoms with van der Waals surface area (Å²) in [6.07, 6.45) is 6.08. The molecule has 294 valence electrons. The van der Waals surface area contributed by atoms with Crippen LogP contribution in [0.4, 0.5) is 0 Å². The number of carboxylic acid groups (broad SMARTS) is 1. The Bertz CT molecular complexity index is 1480. The minimum Gasteiger partial charge on any atom is -0.508 e. The molecule has 13 heteroatoms. The Morgan fingerprint density at radius 1 is 0.717 bits per heavy atom. The number of hydrogen-bond acceptors (Lipinski definition) is 8. The van der Waals surface area contributed by atoms with Crippen molar-refractivity contribution in [3.63, 3.8) is 0 Å². The average Bonchev–Trinajstić information content (AvgIpc) is 3.09. The normalized spacial score (nSPS) is 14.2. The number of likely N-dealkylation sites (N-methyl/N-ethyl adjacent to an activating group) is 2. The molecule has 0 saturated carbocycles. The summed E-state index contributed by atoms with van der Waals surface area (Å²) in [5.74, 6) is -4.10. The van der Waals surface area contributed by atoms with Gasteiger partial charge in [0.2, 0.25) is 23.6 Å². The third-order valence-corrected chi connectivity index (χ3v) is 9.50. The first-order valence-corrected chi connectivity index (χ1v) is 18.6. The minimum atomic E-state index is -1.35. The van der Waals surface area contributed by atoms with Crippen molar-refractivity contribution < 1.29 is 39.3 Å². The van der Waals surface area contributed by atoms with Crippen LogP contribution in [0.5, 0.6) is 11.5 Å². The summed E-state index contributed by atoms with van der Waals surface area (Å²) in [6, 6.07) is 7.16. The Balaban J connectivity index is 2.31. The predicted molar refractivity (Wildman–Crippen MR) is 204 cm³/mol. The van der Waals surface area contributed by atoms with Crippen LogP contribution in [0.3, 0.4) is 0 Å². The monoisotopic (exact) mass is 739 g/mol. The van der Waals surface area contributed by atoms with Crippen LogP contribution in [0.25, 0.3) is 0 Å². The molecule has 0 aliphatic carbocycles. The number of nitrogens with two attached hydrogens (primary N) is 1. The van der Waals surface area contributed by atoms with Gasteiger partial charge in [-0.1, -0.05) is 91.0 Å². The Hall–Kier alpha value is -4.65. The number of carbonyl (C=O) groups excluding carboxylic acids is 4. The van der Waals surface area contributed by atoms with Gasteiger partial charge in [0.15, 0.2) is 0 Å². The maximum absolute atomic E-state index is 14.4. The second-order valence-electron chi connectivity index (χ2n) is 14.7. The van der Waals surface area contributed by atoms with E-state index >= 15 is 0 Å². The van der Waals surface area contributed by atoms with Crippen molar-refractivity contribution in [2.24, 2.45) is 17.6 Å². The number of aliphatic carboxylic acids is 1. The molecule has 0 aliphatic rings. The highest BCUT2D eigenvalue weighted by atomic mass is 16.4. The highest BCUT2D eigenvalue weighted by Gasteiger charge is 2.40. The summed E-state index contributed by atoms with van der Waals surface area (Å²) in [5, 5.41) is 34.9. The molecule has 2 aromatic carbocycles. The zero-order chi connectivity index (χ0) is 39.8. The number of aromatic hydroxyl groups is 2. The number of nitrogens with one attached hydrogen (secondary N) is 2. The standard InChI is InChI=1S/C40H61N5O8/c1-8-9-10-11-12-13-29(41)24-34(48)43-35(25(2)3)38(50)45(7)36(26(4)5)39(51)44(6)33(23-28-16-20-31(47)21-17-28)37(49)42-32(40(52)53)22-27-14-18-30(46)19-15-27/h14-21,25-26,29,32-33,35-36,46-47H,8-13,22-24,41H2,1-7H3,(H,42,49)(H,43,48)(H,52,53). The minimum absolute atomic E-state index is 0.00946. The number of phenolic OH excluding ortho intramolecular Hbond substituents is 2. The Morgan fingerprint density at radius 2 is 1.25 bits per heavy atom. The zero-order valence-corrected chi connectivity index (χ0v) is 32.4. The summed E-state index contributed by atoms with van der Waals surface area (Å²) in [4.78, 5) is 70.2. The van der Waals surface area contributed by atoms with E-state index in [1.807, 2.05) is 0 Å². The largest absolute Gasteiger partial charge is 0.508 e. The van der Waals surface area contributed by atoms with Gasteiger partial charge in [0.1, 0.15) is 35.7 Å². The summed E-state index contributed by atoms with van der Waals surface area (Å²) in [6.45, 7) is 9.30. The van der Waals surface area contributed by atoms with E-state index in [1.54, 1.807) is 52.0 Å². The summed E-state index contributed by atoms with van der Waals surface area (Å²) < 4.78 is 0. The number of unbranched alkanes of at least 4 members (excludes halogenated alkanes) is 4. The summed E-state index contributed by atoms with van der Waals surface area (Å²) in [7, 11) is 2.93. The van der Waals surface area contributed by atoms with Gasteiger partial charge in [-0.15, -0.1) is 0 Å². The van der Waals surface area contributed by atoms with Gasteiger partial charge in [0.05, 0.1) is 0 Å². The van der Waals surface area contributed by atoms with E-state index in [1.165, 1.54) is 48.2 Å². The molecular formula is C40H61N5O8. The molecule has 4 amide bonds. The maximum atomic E-state index is 14.4. The third-order valence-electron chi connectivity index (χ3n) is 9.50. The van der Waals surface area contributed by atoms with Crippen molar-refractivity contribution in [1.82, 2.24) is 20.4 Å². The van der Waals surface area contributed by atoms with Gasteiger partial charge in [-0.3, -0.25) is 19.2 Å². The molecule has 13 nitrogen and oxygen atoms in total. The van der Waals surface area contributed by atoms with E-state index in [4.69, 9.17) is 5.73 Å². The fraction of sp³-hybridized carbons (Fsp3) is 0.575. The molecule has 0 fully saturated rings. The van der Waals surface area contributed by atoms with E-state index in [0.717, 1.165) is 32.1 Å². The Labute approximate surface area is 314 Å². The number of phenols is 2. The van der Waals surface area contributed by atoms with Crippen LogP contribution in [0.15, 0.2) is 48.5 Å². The number of hydrogen-bond donors (Lipinski definition) is 6. The Kier molecular flexibility index (Phi) is 18.3. The molecule has 0 radical (unpaired) electrons. The fourth-order valence-electron chi connectivity index (χ4n) is 6.31. The highest BCUT2D eigenvalue weighted by Crippen LogP contribution is 2.21. The van der Waals surface area contributed by atoms with Crippen molar-refractivity contribution in [3.05, 3.63) is 59.7 Å². The van der Waals surface area contributed by atoms with E-state index in [0.29, 0.717) is 17.5 Å². The molecule has 0 aromatic heterocycles. The molecule has 53 heavy (non-hydrogen) atoms. The molecule has 0 heterocycles. The van der Waals surface area contributed by atoms with Gasteiger partial charge in [-0.2, -0.15) is 0 Å². The van der Waals surface area contributed by atoms with Crippen LogP contribution in [0.2, 0.25) is 0 Å². The van der Waals surface area contributed by atoms with Gasteiger partial charge in [-0.05, 0) is 53.6 Å². The lowest BCUT2D eigenvalue weighted by atomic mass is 9.96. The topological polar surface area (TPSA) is 203 Å². The van der Waals surface area contributed by atoms with E-state index < -0.39 is 53.8 Å². The lowest BCUT2D eigenvalue weighted by molar-refractivity contribution is -0.151. The quantitative estimate of drug-likeness (QED) is 0.0966. The molecule has 5 unspecified atom stereocenters. The molecule has 7 N–H and O–H groups in total. The van der Waals surface area contributed by atoms with E-state index in [-0.39, 0.29) is 48.6 Å². The molecule has 2 rings (SSSR count). The average molecular weight is 740 g/mol. The lowest BCUT2D eigenvalue weighted by Gasteiger charge is -2.38. The SMILES string of the molecule is CCCCCCCC(N)CC(=O)NC(C(=O)N(C)C(C(=O)N(C)C(Cc1ccc(O)cc1)C(=O)NC(Cc1ccc(O)cc1)C(=O)O)C(C)C)C(C)C. The second-order valence-corrected chi connectivity index (χ2v) is 14.7. The maximum Gasteiger partial charge on any atom is 0.326 e. The molecule has 0 spiro atoms. The summed E-state index contributed by atoms with van der Waals surface area (Å²) >= 11 is 0. The van der Waals surface area contributed by atoms with Crippen molar-refractivity contribution in [2.75, 3.05) is 14.1 Å². The van der Waals surface area contributed by atoms with Gasteiger partial charge in [-0.25, -0.2) is 4.79 Å². The fourth-order valence-corrected chi connectivity index (χ4v) is 6.31. The molecule has 0 saturated heterocycles. The molecule has 0 aliphatic heterocycles. The van der Waals surface area contributed by atoms with Gasteiger partial charge >= 0.3 is 5.97 Å². The number of amides is 4. The predicted octanol–water partition coefficient (Wildman–Crippen LogP) is 3.98. The van der Waals surface area contributed by atoms with Crippen molar-refractivity contribution in [2.45, 2.75) is 123 Å². The van der Waals surface area contributed by atoms with Crippen LogP contribution in [-0.4, -0.2) is 99.0 Å². The molecule has 2 aromatic rings. The van der Waals surface area contributed by atoms with Crippen LogP contribution in [-0.2, 0) is 36.8 Å². The number of nitrogens with zero attached hydrogens (tertiary/aromatic N) is 2.